The van der Waals surface area contributed by atoms with Crippen molar-refractivity contribution in [1.29, 1.82) is 0 Å². The van der Waals surface area contributed by atoms with Crippen molar-refractivity contribution in [2.75, 3.05) is 13.7 Å². The number of nitrogens with zero attached hydrogens (tertiary/aromatic N) is 1. The van der Waals surface area contributed by atoms with E-state index in [1.807, 2.05) is 24.3 Å². The zero-order valence-corrected chi connectivity index (χ0v) is 17.4. The van der Waals surface area contributed by atoms with E-state index >= 15 is 0 Å². The molecule has 0 bridgehead atoms. The predicted octanol–water partition coefficient (Wildman–Crippen LogP) is 4.73. The Hall–Kier alpha value is -3.93. The highest BCUT2D eigenvalue weighted by Crippen LogP contribution is 2.38. The minimum absolute atomic E-state index is 0.0535. The average molecular weight is 429 g/mol. The third kappa shape index (κ3) is 3.34. The number of carbonyl (C=O) groups is 1. The largest absolute Gasteiger partial charge is 0.497 e. The van der Waals surface area contributed by atoms with Gasteiger partial charge in [0.25, 0.3) is 5.91 Å². The van der Waals surface area contributed by atoms with Gasteiger partial charge >= 0.3 is 0 Å². The van der Waals surface area contributed by atoms with Crippen LogP contribution in [0, 0.1) is 5.82 Å². The Morgan fingerprint density at radius 3 is 2.41 bits per heavy atom. The normalized spacial score (nSPS) is 15.2. The van der Waals surface area contributed by atoms with Crippen LogP contribution in [0.3, 0.4) is 0 Å². The molecule has 0 saturated carbocycles. The number of hydrogen-bond acceptors (Lipinski definition) is 4. The van der Waals surface area contributed by atoms with E-state index in [4.69, 9.17) is 9.15 Å². The average Bonchev–Trinajstić information content (AvgIpc) is 3.10. The molecule has 1 atom stereocenters. The Labute approximate surface area is 183 Å². The van der Waals surface area contributed by atoms with E-state index in [0.717, 1.165) is 11.3 Å². The zero-order valence-electron chi connectivity index (χ0n) is 17.4. The summed E-state index contributed by atoms with van der Waals surface area (Å²) in [5, 5.41) is 0.420. The third-order valence-electron chi connectivity index (χ3n) is 5.86. The third-order valence-corrected chi connectivity index (χ3v) is 5.86. The van der Waals surface area contributed by atoms with Crippen molar-refractivity contribution >= 4 is 16.9 Å². The van der Waals surface area contributed by atoms with Gasteiger partial charge in [-0.15, -0.1) is 0 Å². The molecule has 0 fully saturated rings. The van der Waals surface area contributed by atoms with E-state index in [0.29, 0.717) is 35.1 Å². The first-order valence-corrected chi connectivity index (χ1v) is 10.3. The summed E-state index contributed by atoms with van der Waals surface area (Å²) in [4.78, 5) is 28.4. The highest BCUT2D eigenvalue weighted by molar-refractivity contribution is 5.99. The van der Waals surface area contributed by atoms with Crippen LogP contribution in [0.25, 0.3) is 11.0 Å². The SMILES string of the molecule is COc1ccc(CCN2C(=O)c3oc4ccccc4c(=O)c3C2c2ccc(F)cc2)cc1. The van der Waals surface area contributed by atoms with Crippen LogP contribution in [-0.4, -0.2) is 24.5 Å². The maximum Gasteiger partial charge on any atom is 0.290 e. The van der Waals surface area contributed by atoms with Gasteiger partial charge in [-0.2, -0.15) is 0 Å². The van der Waals surface area contributed by atoms with E-state index < -0.39 is 6.04 Å². The van der Waals surface area contributed by atoms with Crippen LogP contribution in [0.1, 0.15) is 33.3 Å². The second kappa shape index (κ2) is 7.96. The first-order valence-electron chi connectivity index (χ1n) is 10.3. The van der Waals surface area contributed by atoms with E-state index in [9.17, 15) is 14.0 Å². The van der Waals surface area contributed by atoms with Crippen molar-refractivity contribution in [2.24, 2.45) is 0 Å². The second-order valence-corrected chi connectivity index (χ2v) is 7.72. The van der Waals surface area contributed by atoms with Crippen LogP contribution >= 0.6 is 0 Å². The first-order chi connectivity index (χ1) is 15.6. The maximum absolute atomic E-state index is 13.6. The number of para-hydroxylation sites is 1. The van der Waals surface area contributed by atoms with Crippen molar-refractivity contribution in [3.05, 3.63) is 111 Å². The number of methoxy groups -OCH3 is 1. The van der Waals surface area contributed by atoms with Crippen molar-refractivity contribution in [2.45, 2.75) is 12.5 Å². The molecule has 4 aromatic rings. The zero-order chi connectivity index (χ0) is 22.2. The summed E-state index contributed by atoms with van der Waals surface area (Å²) in [6, 6.07) is 19.7. The molecule has 1 amide bonds. The molecular formula is C26H20FNO4. The molecule has 1 aliphatic heterocycles. The van der Waals surface area contributed by atoms with E-state index in [2.05, 4.69) is 0 Å². The summed E-state index contributed by atoms with van der Waals surface area (Å²) in [6.45, 7) is 0.368. The minimum atomic E-state index is -0.641. The lowest BCUT2D eigenvalue weighted by Gasteiger charge is -2.25. The number of carbonyl (C=O) groups excluding carboxylic acids is 1. The van der Waals surface area contributed by atoms with E-state index in [1.54, 1.807) is 48.4 Å². The standard InChI is InChI=1S/C26H20FNO4/c1-31-19-12-6-16(7-13-19)14-15-28-23(17-8-10-18(27)11-9-17)22-24(29)20-4-2-3-5-21(20)32-25(22)26(28)30/h2-13,23H,14-15H2,1H3. The molecule has 0 saturated heterocycles. The molecule has 1 unspecified atom stereocenters. The number of halogens is 1. The molecule has 0 N–H and O–H groups in total. The molecule has 0 radical (unpaired) electrons. The van der Waals surface area contributed by atoms with Crippen LogP contribution in [0.15, 0.2) is 82.0 Å². The lowest BCUT2D eigenvalue weighted by Crippen LogP contribution is -2.31. The van der Waals surface area contributed by atoms with Crippen molar-refractivity contribution in [1.82, 2.24) is 4.90 Å². The Kier molecular flexibility index (Phi) is 4.98. The van der Waals surface area contributed by atoms with Crippen LogP contribution in [0.4, 0.5) is 4.39 Å². The fourth-order valence-electron chi connectivity index (χ4n) is 4.23. The summed E-state index contributed by atoms with van der Waals surface area (Å²) in [5.41, 5.74) is 2.12. The van der Waals surface area contributed by atoms with Crippen LogP contribution in [0.2, 0.25) is 0 Å². The summed E-state index contributed by atoms with van der Waals surface area (Å²) in [7, 11) is 1.61. The lowest BCUT2D eigenvalue weighted by molar-refractivity contribution is 0.0730. The fraction of sp³-hybridized carbons (Fsp3) is 0.154. The van der Waals surface area contributed by atoms with E-state index in [-0.39, 0.29) is 22.9 Å². The van der Waals surface area contributed by atoms with Gasteiger partial charge in [0.05, 0.1) is 24.1 Å². The van der Waals surface area contributed by atoms with Gasteiger partial charge in [-0.05, 0) is 53.9 Å². The quantitative estimate of drug-likeness (QED) is 0.460. The van der Waals surface area contributed by atoms with Gasteiger partial charge in [0.1, 0.15) is 17.1 Å². The highest BCUT2D eigenvalue weighted by Gasteiger charge is 2.42. The molecule has 5 rings (SSSR count). The predicted molar refractivity (Wildman–Crippen MR) is 118 cm³/mol. The first kappa shape index (κ1) is 20.0. The number of fused-ring (bicyclic) bond motifs is 2. The Morgan fingerprint density at radius 1 is 0.969 bits per heavy atom. The summed E-state index contributed by atoms with van der Waals surface area (Å²) >= 11 is 0. The lowest BCUT2D eigenvalue weighted by atomic mass is 9.98. The van der Waals surface area contributed by atoms with Gasteiger partial charge in [-0.25, -0.2) is 4.39 Å². The molecule has 160 valence electrons. The number of amides is 1. The molecule has 6 heteroatoms. The molecule has 32 heavy (non-hydrogen) atoms. The van der Waals surface area contributed by atoms with E-state index in [1.165, 1.54) is 12.1 Å². The maximum atomic E-state index is 13.6. The number of hydrogen-bond donors (Lipinski definition) is 0. The number of ether oxygens (including phenoxy) is 1. The molecular weight excluding hydrogens is 409 g/mol. The van der Waals surface area contributed by atoms with Gasteiger partial charge in [0.15, 0.2) is 5.43 Å². The second-order valence-electron chi connectivity index (χ2n) is 7.72. The molecule has 1 aromatic heterocycles. The van der Waals surface area contributed by atoms with Gasteiger partial charge in [-0.3, -0.25) is 9.59 Å². The number of benzene rings is 3. The van der Waals surface area contributed by atoms with Crippen LogP contribution in [0.5, 0.6) is 5.75 Å². The molecule has 3 aromatic carbocycles. The van der Waals surface area contributed by atoms with Crippen molar-refractivity contribution in [3.8, 4) is 5.75 Å². The summed E-state index contributed by atoms with van der Waals surface area (Å²) in [6.07, 6.45) is 0.578. The van der Waals surface area contributed by atoms with Gasteiger partial charge in [0.2, 0.25) is 5.76 Å². The Balaban J connectivity index is 1.58. The van der Waals surface area contributed by atoms with Gasteiger partial charge < -0.3 is 14.1 Å². The van der Waals surface area contributed by atoms with Crippen LogP contribution < -0.4 is 10.2 Å². The molecule has 0 aliphatic carbocycles. The summed E-state index contributed by atoms with van der Waals surface area (Å²) in [5.74, 6) is 0.0844. The van der Waals surface area contributed by atoms with Gasteiger partial charge in [0, 0.05) is 6.54 Å². The smallest absolute Gasteiger partial charge is 0.290 e. The fourth-order valence-corrected chi connectivity index (χ4v) is 4.23. The molecule has 5 nitrogen and oxygen atoms in total. The highest BCUT2D eigenvalue weighted by atomic mass is 19.1. The molecule has 2 heterocycles. The molecule has 0 spiro atoms. The van der Waals surface area contributed by atoms with Crippen molar-refractivity contribution < 1.29 is 18.3 Å². The number of rotatable bonds is 5. The Morgan fingerprint density at radius 2 is 1.69 bits per heavy atom. The van der Waals surface area contributed by atoms with Crippen LogP contribution in [-0.2, 0) is 6.42 Å². The monoisotopic (exact) mass is 429 g/mol. The topological polar surface area (TPSA) is 59.8 Å². The minimum Gasteiger partial charge on any atom is -0.497 e. The summed E-state index contributed by atoms with van der Waals surface area (Å²) < 4.78 is 24.7. The van der Waals surface area contributed by atoms with Gasteiger partial charge in [-0.1, -0.05) is 36.4 Å². The Bertz CT molecular complexity index is 1360. The van der Waals surface area contributed by atoms with Crippen molar-refractivity contribution in [3.63, 3.8) is 0 Å². The molecule has 1 aliphatic rings.